The zero-order valence-corrected chi connectivity index (χ0v) is 12.8. The molecular weight excluding hydrogens is 296 g/mol. The van der Waals surface area contributed by atoms with Gasteiger partial charge in [0.15, 0.2) is 5.75 Å². The van der Waals surface area contributed by atoms with Crippen LogP contribution in [-0.2, 0) is 0 Å². The van der Waals surface area contributed by atoms with Crippen molar-refractivity contribution >= 4 is 16.8 Å². The molecule has 1 aromatic heterocycles. The normalized spacial score (nSPS) is 22.1. The van der Waals surface area contributed by atoms with Crippen LogP contribution in [0.5, 0.6) is 5.75 Å². The summed E-state index contributed by atoms with van der Waals surface area (Å²) >= 11 is 0. The van der Waals surface area contributed by atoms with E-state index in [1.54, 1.807) is 29.3 Å². The highest BCUT2D eigenvalue weighted by Gasteiger charge is 2.31. The maximum Gasteiger partial charge on any atom is 0.257 e. The Balaban J connectivity index is 1.87. The van der Waals surface area contributed by atoms with Gasteiger partial charge in [-0.15, -0.1) is 0 Å². The van der Waals surface area contributed by atoms with Gasteiger partial charge in [0.2, 0.25) is 0 Å². The van der Waals surface area contributed by atoms with Crippen LogP contribution in [0.1, 0.15) is 29.6 Å². The number of phenols is 1. The summed E-state index contributed by atoms with van der Waals surface area (Å²) < 4.78 is 0. The SMILES string of the molecule is O=C(c1ccc2cccnc2c1O)N1CCC[C@](O)(CO)CC1. The van der Waals surface area contributed by atoms with Gasteiger partial charge in [-0.05, 0) is 31.4 Å². The van der Waals surface area contributed by atoms with Crippen LogP contribution >= 0.6 is 0 Å². The second kappa shape index (κ2) is 6.14. The quantitative estimate of drug-likeness (QED) is 0.776. The number of aromatic hydroxyl groups is 1. The van der Waals surface area contributed by atoms with Crippen molar-refractivity contribution < 1.29 is 20.1 Å². The summed E-state index contributed by atoms with van der Waals surface area (Å²) in [5, 5.41) is 30.6. The summed E-state index contributed by atoms with van der Waals surface area (Å²) in [6.07, 6.45) is 2.96. The van der Waals surface area contributed by atoms with Crippen LogP contribution in [0.15, 0.2) is 30.5 Å². The Morgan fingerprint density at radius 1 is 1.26 bits per heavy atom. The predicted molar refractivity (Wildman–Crippen MR) is 85.2 cm³/mol. The van der Waals surface area contributed by atoms with Crippen LogP contribution in [0.25, 0.3) is 10.9 Å². The number of nitrogens with zero attached hydrogens (tertiary/aromatic N) is 2. The number of aliphatic hydroxyl groups is 2. The molecule has 6 nitrogen and oxygen atoms in total. The van der Waals surface area contributed by atoms with Gasteiger partial charge in [-0.3, -0.25) is 9.78 Å². The first-order chi connectivity index (χ1) is 11.0. The number of likely N-dealkylation sites (tertiary alicyclic amines) is 1. The van der Waals surface area contributed by atoms with Crippen molar-refractivity contribution in [3.05, 3.63) is 36.0 Å². The molecule has 0 spiro atoms. The van der Waals surface area contributed by atoms with Crippen molar-refractivity contribution in [3.8, 4) is 5.75 Å². The van der Waals surface area contributed by atoms with Gasteiger partial charge in [-0.2, -0.15) is 0 Å². The number of aromatic nitrogens is 1. The first kappa shape index (κ1) is 15.7. The number of aliphatic hydroxyl groups excluding tert-OH is 1. The lowest BCUT2D eigenvalue weighted by molar-refractivity contribution is -0.0250. The van der Waals surface area contributed by atoms with Gasteiger partial charge < -0.3 is 20.2 Å². The molecule has 0 radical (unpaired) electrons. The number of benzene rings is 1. The number of carbonyl (C=O) groups is 1. The summed E-state index contributed by atoms with van der Waals surface area (Å²) in [7, 11) is 0. The van der Waals surface area contributed by atoms with Gasteiger partial charge in [0.25, 0.3) is 5.91 Å². The molecule has 1 fully saturated rings. The molecule has 3 rings (SSSR count). The minimum atomic E-state index is -1.12. The molecule has 1 saturated heterocycles. The number of pyridine rings is 1. The Labute approximate surface area is 134 Å². The molecule has 1 aliphatic rings. The minimum Gasteiger partial charge on any atom is -0.505 e. The second-order valence-electron chi connectivity index (χ2n) is 6.07. The van der Waals surface area contributed by atoms with E-state index in [0.717, 1.165) is 5.39 Å². The monoisotopic (exact) mass is 316 g/mol. The summed E-state index contributed by atoms with van der Waals surface area (Å²) in [4.78, 5) is 18.4. The van der Waals surface area contributed by atoms with Crippen molar-refractivity contribution in [2.75, 3.05) is 19.7 Å². The van der Waals surface area contributed by atoms with Crippen LogP contribution in [0.4, 0.5) is 0 Å². The number of amides is 1. The standard InChI is InChI=1S/C17H20N2O4/c20-11-17(23)6-2-9-19(10-7-17)16(22)13-5-4-12-3-1-8-18-14(12)15(13)21/h1,3-5,8,20-21,23H,2,6-7,9-11H2/t17-/m1/s1. The van der Waals surface area contributed by atoms with Gasteiger partial charge >= 0.3 is 0 Å². The Hall–Kier alpha value is -2.18. The highest BCUT2D eigenvalue weighted by atomic mass is 16.3. The fourth-order valence-electron chi connectivity index (χ4n) is 3.01. The van der Waals surface area contributed by atoms with Gasteiger partial charge in [-0.25, -0.2) is 0 Å². The van der Waals surface area contributed by atoms with Gasteiger partial charge in [-0.1, -0.05) is 12.1 Å². The molecule has 6 heteroatoms. The zero-order chi connectivity index (χ0) is 16.4. The molecular formula is C17H20N2O4. The number of fused-ring (bicyclic) bond motifs is 1. The van der Waals surface area contributed by atoms with E-state index in [-0.39, 0.29) is 23.8 Å². The topological polar surface area (TPSA) is 93.9 Å². The van der Waals surface area contributed by atoms with Crippen molar-refractivity contribution in [1.82, 2.24) is 9.88 Å². The molecule has 3 N–H and O–H groups in total. The third-order valence-corrected chi connectivity index (χ3v) is 4.48. The molecule has 0 aliphatic carbocycles. The third-order valence-electron chi connectivity index (χ3n) is 4.48. The molecule has 1 amide bonds. The van der Waals surface area contributed by atoms with Crippen LogP contribution < -0.4 is 0 Å². The maximum absolute atomic E-state index is 12.7. The number of carbonyl (C=O) groups excluding carboxylic acids is 1. The Morgan fingerprint density at radius 3 is 2.87 bits per heavy atom. The minimum absolute atomic E-state index is 0.116. The zero-order valence-electron chi connectivity index (χ0n) is 12.8. The summed E-state index contributed by atoms with van der Waals surface area (Å²) in [5.41, 5.74) is -0.507. The fourth-order valence-corrected chi connectivity index (χ4v) is 3.01. The highest BCUT2D eigenvalue weighted by molar-refractivity contribution is 6.02. The molecule has 2 heterocycles. The molecule has 1 aliphatic heterocycles. The van der Waals surface area contributed by atoms with E-state index >= 15 is 0 Å². The summed E-state index contributed by atoms with van der Waals surface area (Å²) in [6, 6.07) is 6.96. The van der Waals surface area contributed by atoms with E-state index in [9.17, 15) is 20.1 Å². The van der Waals surface area contributed by atoms with Crippen LogP contribution in [0.3, 0.4) is 0 Å². The smallest absolute Gasteiger partial charge is 0.257 e. The van der Waals surface area contributed by atoms with Crippen molar-refractivity contribution in [3.63, 3.8) is 0 Å². The Kier molecular flexibility index (Phi) is 4.19. The number of hydrogen-bond acceptors (Lipinski definition) is 5. The van der Waals surface area contributed by atoms with E-state index < -0.39 is 5.60 Å². The molecule has 23 heavy (non-hydrogen) atoms. The molecule has 0 saturated carbocycles. The molecule has 2 aromatic rings. The second-order valence-corrected chi connectivity index (χ2v) is 6.07. The highest BCUT2D eigenvalue weighted by Crippen LogP contribution is 2.29. The van der Waals surface area contributed by atoms with Crippen molar-refractivity contribution in [2.24, 2.45) is 0 Å². The third kappa shape index (κ3) is 3.00. The Morgan fingerprint density at radius 2 is 2.09 bits per heavy atom. The van der Waals surface area contributed by atoms with Gasteiger partial charge in [0.1, 0.15) is 5.52 Å². The number of rotatable bonds is 2. The first-order valence-corrected chi connectivity index (χ1v) is 7.73. The lowest BCUT2D eigenvalue weighted by Gasteiger charge is -2.24. The van der Waals surface area contributed by atoms with Gasteiger partial charge in [0.05, 0.1) is 17.8 Å². The molecule has 1 aromatic carbocycles. The molecule has 0 unspecified atom stereocenters. The lowest BCUT2D eigenvalue weighted by atomic mass is 9.96. The van der Waals surface area contributed by atoms with Crippen LogP contribution in [0.2, 0.25) is 0 Å². The lowest BCUT2D eigenvalue weighted by Crippen LogP contribution is -2.36. The van der Waals surface area contributed by atoms with Crippen LogP contribution in [0, 0.1) is 0 Å². The average Bonchev–Trinajstić information content (AvgIpc) is 2.77. The molecule has 122 valence electrons. The first-order valence-electron chi connectivity index (χ1n) is 7.73. The van der Waals surface area contributed by atoms with E-state index in [2.05, 4.69) is 4.98 Å². The van der Waals surface area contributed by atoms with E-state index in [1.807, 2.05) is 6.07 Å². The van der Waals surface area contributed by atoms with E-state index in [4.69, 9.17) is 0 Å². The van der Waals surface area contributed by atoms with Gasteiger partial charge in [0, 0.05) is 24.7 Å². The molecule has 0 bridgehead atoms. The van der Waals surface area contributed by atoms with Crippen molar-refractivity contribution in [1.29, 1.82) is 0 Å². The van der Waals surface area contributed by atoms with Crippen LogP contribution in [-0.4, -0.2) is 56.4 Å². The Bertz CT molecular complexity index is 734. The summed E-state index contributed by atoms with van der Waals surface area (Å²) in [5.74, 6) is -0.396. The van der Waals surface area contributed by atoms with E-state index in [1.165, 1.54) is 0 Å². The molecule has 1 atom stereocenters. The van der Waals surface area contributed by atoms with E-state index in [0.29, 0.717) is 37.9 Å². The maximum atomic E-state index is 12.7. The summed E-state index contributed by atoms with van der Waals surface area (Å²) in [6.45, 7) is 0.524. The predicted octanol–water partition coefficient (Wildman–Crippen LogP) is 1.29. The largest absolute Gasteiger partial charge is 0.505 e. The number of phenolic OH excluding ortho intramolecular Hbond substituents is 1. The fraction of sp³-hybridized carbons (Fsp3) is 0.412. The van der Waals surface area contributed by atoms with Crippen molar-refractivity contribution in [2.45, 2.75) is 24.9 Å². The average molecular weight is 316 g/mol. The number of hydrogen-bond donors (Lipinski definition) is 3.